The minimum Gasteiger partial charge on any atom is -0.382 e. The third-order valence-electron chi connectivity index (χ3n) is 2.17. The fraction of sp³-hybridized carbons (Fsp3) is 0. The molecule has 3 nitrogen and oxygen atoms in total. The van der Waals surface area contributed by atoms with E-state index in [1.807, 2.05) is 24.3 Å². The molecule has 2 rings (SSSR count). The highest BCUT2D eigenvalue weighted by Gasteiger charge is 2.02. The predicted octanol–water partition coefficient (Wildman–Crippen LogP) is 2.69. The molecule has 1 aromatic heterocycles. The molecular weight excluding hydrogens is 222 g/mol. The molecule has 0 atom stereocenters. The van der Waals surface area contributed by atoms with E-state index in [4.69, 9.17) is 22.7 Å². The maximum absolute atomic E-state index is 7.32. The Bertz CT molecular complexity index is 520. The van der Waals surface area contributed by atoms with Crippen molar-refractivity contribution >= 4 is 17.4 Å². The quantitative estimate of drug-likeness (QED) is 0.617. The van der Waals surface area contributed by atoms with Crippen molar-refractivity contribution in [2.45, 2.75) is 0 Å². The summed E-state index contributed by atoms with van der Waals surface area (Å²) in [4.78, 5) is 4.28. The Morgan fingerprint density at radius 3 is 2.44 bits per heavy atom. The molecule has 4 heteroatoms. The fourth-order valence-corrected chi connectivity index (χ4v) is 1.49. The molecule has 1 heterocycles. The fourth-order valence-electron chi connectivity index (χ4n) is 1.37. The van der Waals surface area contributed by atoms with E-state index in [9.17, 15) is 0 Å². The second-order valence-electron chi connectivity index (χ2n) is 3.33. The number of pyridine rings is 1. The molecule has 0 amide bonds. The van der Waals surface area contributed by atoms with Crippen molar-refractivity contribution in [2.75, 3.05) is 0 Å². The van der Waals surface area contributed by atoms with E-state index in [-0.39, 0.29) is 5.84 Å². The monoisotopic (exact) mass is 231 g/mol. The average molecular weight is 232 g/mol. The first-order valence-corrected chi connectivity index (χ1v) is 5.12. The molecule has 80 valence electrons. The largest absolute Gasteiger partial charge is 0.382 e. The Morgan fingerprint density at radius 2 is 1.81 bits per heavy atom. The van der Waals surface area contributed by atoms with Crippen molar-refractivity contribution in [2.24, 2.45) is 5.73 Å². The van der Waals surface area contributed by atoms with Crippen molar-refractivity contribution in [1.29, 1.82) is 5.41 Å². The Hall–Kier alpha value is -1.87. The number of hydrogen-bond acceptors (Lipinski definition) is 2. The van der Waals surface area contributed by atoms with Crippen LogP contribution in [-0.4, -0.2) is 10.8 Å². The smallest absolute Gasteiger partial charge is 0.141 e. The van der Waals surface area contributed by atoms with Crippen LogP contribution in [0.25, 0.3) is 11.3 Å². The summed E-state index contributed by atoms with van der Waals surface area (Å²) >= 11 is 5.81. The van der Waals surface area contributed by atoms with Crippen molar-refractivity contribution in [3.63, 3.8) is 0 Å². The van der Waals surface area contributed by atoms with Crippen molar-refractivity contribution < 1.29 is 0 Å². The minimum atomic E-state index is -0.0317. The summed E-state index contributed by atoms with van der Waals surface area (Å²) < 4.78 is 0. The summed E-state index contributed by atoms with van der Waals surface area (Å²) in [5.41, 5.74) is 7.60. The Balaban J connectivity index is 2.44. The number of nitrogen functional groups attached to an aromatic ring is 1. The van der Waals surface area contributed by atoms with Crippen LogP contribution < -0.4 is 5.73 Å². The van der Waals surface area contributed by atoms with Gasteiger partial charge in [0.25, 0.3) is 0 Å². The van der Waals surface area contributed by atoms with Gasteiger partial charge in [-0.2, -0.15) is 0 Å². The van der Waals surface area contributed by atoms with E-state index in [0.717, 1.165) is 11.3 Å². The first-order valence-electron chi connectivity index (χ1n) is 4.74. The average Bonchev–Trinajstić information content (AvgIpc) is 2.30. The third kappa shape index (κ3) is 2.20. The molecule has 0 saturated carbocycles. The van der Waals surface area contributed by atoms with E-state index in [0.29, 0.717) is 10.7 Å². The second kappa shape index (κ2) is 4.33. The number of nitrogens with zero attached hydrogens (tertiary/aromatic N) is 1. The van der Waals surface area contributed by atoms with Crippen LogP contribution in [-0.2, 0) is 0 Å². The highest BCUT2D eigenvalue weighted by Crippen LogP contribution is 2.19. The number of nitrogens with one attached hydrogen (secondary N) is 1. The van der Waals surface area contributed by atoms with Crippen LogP contribution in [0.1, 0.15) is 5.69 Å². The molecule has 0 spiro atoms. The molecule has 2 aromatic rings. The third-order valence-corrected chi connectivity index (χ3v) is 2.42. The Morgan fingerprint density at radius 1 is 1.12 bits per heavy atom. The standard InChI is InChI=1S/C12H10ClN3/c13-9-6-4-8(5-7-9)10-2-1-3-11(16-10)12(14)15/h1-7H,(H3,14,15). The van der Waals surface area contributed by atoms with Gasteiger partial charge in [0.1, 0.15) is 11.5 Å². The van der Waals surface area contributed by atoms with Crippen molar-refractivity contribution in [3.8, 4) is 11.3 Å². The Kier molecular flexibility index (Phi) is 2.88. The zero-order valence-corrected chi connectivity index (χ0v) is 9.20. The van der Waals surface area contributed by atoms with Crippen molar-refractivity contribution in [1.82, 2.24) is 4.98 Å². The van der Waals surface area contributed by atoms with Gasteiger partial charge < -0.3 is 5.73 Å². The molecule has 0 aliphatic carbocycles. The van der Waals surface area contributed by atoms with Crippen LogP contribution in [0.5, 0.6) is 0 Å². The van der Waals surface area contributed by atoms with E-state index >= 15 is 0 Å². The van der Waals surface area contributed by atoms with Gasteiger partial charge >= 0.3 is 0 Å². The zero-order valence-electron chi connectivity index (χ0n) is 8.44. The molecule has 0 bridgehead atoms. The number of nitrogens with two attached hydrogens (primary N) is 1. The first-order chi connectivity index (χ1) is 7.66. The van der Waals surface area contributed by atoms with Gasteiger partial charge in [-0.25, -0.2) is 4.98 Å². The van der Waals surface area contributed by atoms with E-state index in [2.05, 4.69) is 4.98 Å². The lowest BCUT2D eigenvalue weighted by Crippen LogP contribution is -2.13. The van der Waals surface area contributed by atoms with E-state index < -0.39 is 0 Å². The lowest BCUT2D eigenvalue weighted by atomic mass is 10.1. The summed E-state index contributed by atoms with van der Waals surface area (Å²) in [7, 11) is 0. The molecule has 0 saturated heterocycles. The number of amidine groups is 1. The lowest BCUT2D eigenvalue weighted by molar-refractivity contribution is 1.26. The van der Waals surface area contributed by atoms with Gasteiger partial charge in [-0.15, -0.1) is 0 Å². The van der Waals surface area contributed by atoms with E-state index in [1.165, 1.54) is 0 Å². The van der Waals surface area contributed by atoms with Crippen LogP contribution >= 0.6 is 11.6 Å². The predicted molar refractivity (Wildman–Crippen MR) is 65.7 cm³/mol. The topological polar surface area (TPSA) is 62.8 Å². The number of aromatic nitrogens is 1. The van der Waals surface area contributed by atoms with Gasteiger partial charge in [0.05, 0.1) is 5.69 Å². The van der Waals surface area contributed by atoms with Crippen LogP contribution in [0.4, 0.5) is 0 Å². The van der Waals surface area contributed by atoms with E-state index in [1.54, 1.807) is 18.2 Å². The van der Waals surface area contributed by atoms with Gasteiger partial charge in [-0.05, 0) is 24.3 Å². The number of hydrogen-bond donors (Lipinski definition) is 2. The summed E-state index contributed by atoms with van der Waals surface area (Å²) in [5, 5.41) is 8.01. The minimum absolute atomic E-state index is 0.0317. The molecule has 0 aliphatic rings. The maximum atomic E-state index is 7.32. The molecule has 16 heavy (non-hydrogen) atoms. The molecule has 0 unspecified atom stereocenters. The highest BCUT2D eigenvalue weighted by molar-refractivity contribution is 6.30. The lowest BCUT2D eigenvalue weighted by Gasteiger charge is -2.03. The zero-order chi connectivity index (χ0) is 11.5. The second-order valence-corrected chi connectivity index (χ2v) is 3.77. The number of rotatable bonds is 2. The van der Waals surface area contributed by atoms with Crippen LogP contribution in [0.15, 0.2) is 42.5 Å². The summed E-state index contributed by atoms with van der Waals surface area (Å²) in [5.74, 6) is -0.0317. The molecule has 0 radical (unpaired) electrons. The van der Waals surface area contributed by atoms with Gasteiger partial charge in [0.2, 0.25) is 0 Å². The normalized spacial score (nSPS) is 10.1. The van der Waals surface area contributed by atoms with Crippen LogP contribution in [0.3, 0.4) is 0 Å². The van der Waals surface area contributed by atoms with Gasteiger partial charge in [-0.3, -0.25) is 5.41 Å². The first kappa shape index (κ1) is 10.6. The van der Waals surface area contributed by atoms with Gasteiger partial charge in [-0.1, -0.05) is 29.8 Å². The summed E-state index contributed by atoms with van der Waals surface area (Å²) in [6.45, 7) is 0. The molecular formula is C12H10ClN3. The maximum Gasteiger partial charge on any atom is 0.141 e. The van der Waals surface area contributed by atoms with Gasteiger partial charge in [0.15, 0.2) is 0 Å². The van der Waals surface area contributed by atoms with Crippen molar-refractivity contribution in [3.05, 3.63) is 53.2 Å². The SMILES string of the molecule is N=C(N)c1cccc(-c2ccc(Cl)cc2)n1. The van der Waals surface area contributed by atoms with Gasteiger partial charge in [0, 0.05) is 10.6 Å². The molecule has 0 fully saturated rings. The molecule has 0 aliphatic heterocycles. The summed E-state index contributed by atoms with van der Waals surface area (Å²) in [6.07, 6.45) is 0. The number of benzene rings is 1. The highest BCUT2D eigenvalue weighted by atomic mass is 35.5. The Labute approximate surface area is 98.4 Å². The summed E-state index contributed by atoms with van der Waals surface area (Å²) in [6, 6.07) is 12.8. The number of halogens is 1. The van der Waals surface area contributed by atoms with Crippen LogP contribution in [0.2, 0.25) is 5.02 Å². The molecule has 3 N–H and O–H groups in total. The van der Waals surface area contributed by atoms with Crippen LogP contribution in [0, 0.1) is 5.41 Å². The molecule has 1 aromatic carbocycles.